The van der Waals surface area contributed by atoms with E-state index in [1.54, 1.807) is 0 Å². The van der Waals surface area contributed by atoms with E-state index in [9.17, 15) is 8.78 Å². The number of benzene rings is 1. The first-order valence-electron chi connectivity index (χ1n) is 12.6. The Morgan fingerprint density at radius 1 is 1.15 bits per heavy atom. The van der Waals surface area contributed by atoms with Gasteiger partial charge in [-0.1, -0.05) is 52.3 Å². The molecule has 6 heteroatoms. The number of alkyl halides is 2. The van der Waals surface area contributed by atoms with Crippen molar-refractivity contribution in [3.63, 3.8) is 0 Å². The van der Waals surface area contributed by atoms with E-state index in [0.717, 1.165) is 35.0 Å². The fourth-order valence-corrected chi connectivity index (χ4v) is 4.46. The van der Waals surface area contributed by atoms with Crippen LogP contribution in [0, 0.1) is 5.92 Å². The molecule has 0 spiro atoms. The topological polar surface area (TPSA) is 24.3 Å². The molecule has 2 aliphatic rings. The lowest BCUT2D eigenvalue weighted by Crippen LogP contribution is -2.56. The molecule has 1 aliphatic heterocycles. The second-order valence-electron chi connectivity index (χ2n) is 10.6. The van der Waals surface area contributed by atoms with Gasteiger partial charge in [0.25, 0.3) is 5.92 Å². The summed E-state index contributed by atoms with van der Waals surface area (Å²) in [6.45, 7) is 12.8. The second kappa shape index (κ2) is 10.2. The lowest BCUT2D eigenvalue weighted by molar-refractivity contribution is -0.144. The van der Waals surface area contributed by atoms with Gasteiger partial charge in [-0.15, -0.1) is 0 Å². The molecule has 0 amide bonds. The fraction of sp³-hybridized carbons (Fsp3) is 0.607. The number of aryl methyl sites for hydroxylation is 2. The molecule has 0 N–H and O–H groups in total. The fourth-order valence-electron chi connectivity index (χ4n) is 4.46. The van der Waals surface area contributed by atoms with E-state index in [1.807, 2.05) is 25.2 Å². The van der Waals surface area contributed by atoms with Gasteiger partial charge in [0.1, 0.15) is 0 Å². The first kappa shape index (κ1) is 26.4. The van der Waals surface area contributed by atoms with Crippen LogP contribution in [0.1, 0.15) is 71.6 Å². The Kier molecular flexibility index (Phi) is 7.91. The van der Waals surface area contributed by atoms with Crippen molar-refractivity contribution in [3.05, 3.63) is 46.4 Å². The van der Waals surface area contributed by atoms with Gasteiger partial charge in [0.2, 0.25) is 0 Å². The van der Waals surface area contributed by atoms with Gasteiger partial charge in [0.05, 0.1) is 35.7 Å². The minimum atomic E-state index is -2.53. The number of hydrogen-bond acceptors (Lipinski definition) is 3. The molecule has 0 saturated carbocycles. The molecule has 34 heavy (non-hydrogen) atoms. The molecule has 188 valence electrons. The van der Waals surface area contributed by atoms with Crippen LogP contribution in [-0.2, 0) is 13.5 Å². The first-order chi connectivity index (χ1) is 15.9. The number of hydrogen-bond donors (Lipinski definition) is 0. The number of anilines is 1. The molecular weight excluding hydrogens is 430 g/mol. The molecule has 1 aliphatic carbocycles. The van der Waals surface area contributed by atoms with Crippen LogP contribution in [0.5, 0.6) is 0 Å². The van der Waals surface area contributed by atoms with Crippen LogP contribution in [0.4, 0.5) is 14.5 Å². The Morgan fingerprint density at radius 3 is 2.35 bits per heavy atom. The van der Waals surface area contributed by atoms with Gasteiger partial charge in [-0.2, -0.15) is 0 Å². The number of nitrogens with zero attached hydrogens (tertiary/aromatic N) is 4. The smallest absolute Gasteiger partial charge is 0.272 e. The largest absolute Gasteiger partial charge is 0.365 e. The van der Waals surface area contributed by atoms with Crippen molar-refractivity contribution in [3.8, 4) is 0 Å². The zero-order chi connectivity index (χ0) is 25.3. The van der Waals surface area contributed by atoms with E-state index < -0.39 is 5.92 Å². The van der Waals surface area contributed by atoms with Crippen molar-refractivity contribution in [1.82, 2.24) is 14.5 Å². The molecule has 1 aromatic carbocycles. The van der Waals surface area contributed by atoms with Crippen LogP contribution < -0.4 is 15.6 Å². The van der Waals surface area contributed by atoms with Gasteiger partial charge in [-0.3, -0.25) is 4.90 Å². The van der Waals surface area contributed by atoms with Crippen LogP contribution in [0.25, 0.3) is 12.2 Å². The lowest BCUT2D eigenvalue weighted by Gasteiger charge is -2.43. The normalized spacial score (nSPS) is 22.0. The quantitative estimate of drug-likeness (QED) is 0.597. The Morgan fingerprint density at radius 2 is 1.79 bits per heavy atom. The predicted octanol–water partition coefficient (Wildman–Crippen LogP) is 4.91. The molecular formula is C28H42F2N4. The summed E-state index contributed by atoms with van der Waals surface area (Å²) in [4.78, 5) is 8.64. The molecule has 1 saturated heterocycles. The van der Waals surface area contributed by atoms with Gasteiger partial charge < -0.3 is 9.47 Å². The summed E-state index contributed by atoms with van der Waals surface area (Å²) in [6.07, 6.45) is 9.45. The van der Waals surface area contributed by atoms with Gasteiger partial charge in [0.15, 0.2) is 0 Å². The van der Waals surface area contributed by atoms with Crippen LogP contribution >= 0.6 is 0 Å². The molecule has 4 nitrogen and oxygen atoms in total. The average Bonchev–Trinajstić information content (AvgIpc) is 3.15. The van der Waals surface area contributed by atoms with E-state index in [2.05, 4.69) is 86.5 Å². The number of imidazole rings is 1. The number of fused-ring (bicyclic) bond motifs is 1. The van der Waals surface area contributed by atoms with Crippen molar-refractivity contribution in [2.45, 2.75) is 78.3 Å². The number of rotatable bonds is 6. The zero-order valence-corrected chi connectivity index (χ0v) is 22.2. The molecule has 1 fully saturated rings. The summed E-state index contributed by atoms with van der Waals surface area (Å²) >= 11 is 0. The molecule has 4 rings (SSSR count). The van der Waals surface area contributed by atoms with Crippen molar-refractivity contribution in [2.24, 2.45) is 13.0 Å². The van der Waals surface area contributed by atoms with Crippen molar-refractivity contribution < 1.29 is 8.78 Å². The van der Waals surface area contributed by atoms with E-state index in [4.69, 9.17) is 0 Å². The Balaban J connectivity index is 0.000000588. The SMILES string of the molecule is CCC(C)C.CCc1cc(C(C)N2CC(F)(F)C2)ccc1N(C)C1(C)C=c2c(ncn2C)=CC1. The third kappa shape index (κ3) is 5.54. The standard InChI is InChI=1S/C23H30F2N4.C5H12/c1-6-17-11-18(16(2)29-13-23(24,25)14-29)7-8-20(17)28(5)22(3)10-9-19-21(12-22)27(4)15-26-19;1-4-5(2)3/h7-9,11-12,15-16H,6,10,13-14H2,1-5H3;5H,4H2,1-3H3. The summed E-state index contributed by atoms with van der Waals surface area (Å²) in [6, 6.07) is 6.44. The van der Waals surface area contributed by atoms with Crippen LogP contribution in [0.15, 0.2) is 24.5 Å². The summed E-state index contributed by atoms with van der Waals surface area (Å²) in [5.41, 5.74) is 3.38. The highest BCUT2D eigenvalue weighted by Gasteiger charge is 2.45. The highest BCUT2D eigenvalue weighted by Crippen LogP contribution is 2.37. The maximum absolute atomic E-state index is 13.3. The maximum Gasteiger partial charge on any atom is 0.272 e. The summed E-state index contributed by atoms with van der Waals surface area (Å²) in [5.74, 6) is -1.65. The molecule has 0 radical (unpaired) electrons. The highest BCUT2D eigenvalue weighted by molar-refractivity contribution is 5.63. The van der Waals surface area contributed by atoms with Gasteiger partial charge in [-0.05, 0) is 55.9 Å². The van der Waals surface area contributed by atoms with E-state index in [-0.39, 0.29) is 24.7 Å². The third-order valence-corrected chi connectivity index (χ3v) is 7.50. The van der Waals surface area contributed by atoms with Crippen LogP contribution in [-0.4, -0.2) is 46.0 Å². The van der Waals surface area contributed by atoms with Gasteiger partial charge in [-0.25, -0.2) is 13.8 Å². The third-order valence-electron chi connectivity index (χ3n) is 7.50. The van der Waals surface area contributed by atoms with Crippen LogP contribution in [0.3, 0.4) is 0 Å². The van der Waals surface area contributed by atoms with E-state index in [1.165, 1.54) is 17.7 Å². The molecule has 2 unspecified atom stereocenters. The average molecular weight is 473 g/mol. The molecule has 2 atom stereocenters. The molecule has 1 aromatic heterocycles. The first-order valence-corrected chi connectivity index (χ1v) is 12.6. The lowest BCUT2D eigenvalue weighted by atomic mass is 9.90. The maximum atomic E-state index is 13.3. The Labute approximate surface area is 204 Å². The monoisotopic (exact) mass is 472 g/mol. The van der Waals surface area contributed by atoms with Crippen molar-refractivity contribution in [1.29, 1.82) is 0 Å². The minimum absolute atomic E-state index is 0.00134. The number of halogens is 2. The van der Waals surface area contributed by atoms with Crippen LogP contribution in [0.2, 0.25) is 0 Å². The Hall–Kier alpha value is -2.21. The molecule has 2 heterocycles. The summed E-state index contributed by atoms with van der Waals surface area (Å²) in [7, 11) is 4.16. The van der Waals surface area contributed by atoms with E-state index >= 15 is 0 Å². The number of aromatic nitrogens is 2. The second-order valence-corrected chi connectivity index (χ2v) is 10.6. The Bertz CT molecular complexity index is 1100. The van der Waals surface area contributed by atoms with Gasteiger partial charge >= 0.3 is 0 Å². The van der Waals surface area contributed by atoms with Crippen molar-refractivity contribution in [2.75, 3.05) is 25.0 Å². The molecule has 0 bridgehead atoms. The summed E-state index contributed by atoms with van der Waals surface area (Å²) < 4.78 is 28.6. The van der Waals surface area contributed by atoms with Crippen molar-refractivity contribution >= 4 is 17.8 Å². The summed E-state index contributed by atoms with van der Waals surface area (Å²) in [5, 5.41) is 2.19. The van der Waals surface area contributed by atoms with E-state index in [0.29, 0.717) is 0 Å². The highest BCUT2D eigenvalue weighted by atomic mass is 19.3. The molecule has 2 aromatic rings. The predicted molar refractivity (Wildman–Crippen MR) is 139 cm³/mol. The number of likely N-dealkylation sites (tertiary alicyclic amines) is 1. The zero-order valence-electron chi connectivity index (χ0n) is 22.2. The minimum Gasteiger partial charge on any atom is -0.365 e. The van der Waals surface area contributed by atoms with Gasteiger partial charge in [0, 0.05) is 25.8 Å².